The van der Waals surface area contributed by atoms with Crippen LogP contribution in [0.5, 0.6) is 0 Å². The maximum atomic E-state index is 12.3. The van der Waals surface area contributed by atoms with Crippen LogP contribution in [0.25, 0.3) is 10.8 Å². The maximum Gasteiger partial charge on any atom is 0.223 e. The molecule has 1 atom stereocenters. The zero-order valence-corrected chi connectivity index (χ0v) is 13.0. The Hall–Kier alpha value is -1.87. The average molecular weight is 296 g/mol. The molecular formula is C19H24N2O. The Balaban J connectivity index is 1.56. The van der Waals surface area contributed by atoms with E-state index in [1.54, 1.807) is 0 Å². The highest BCUT2D eigenvalue weighted by Gasteiger charge is 2.19. The third-order valence-electron chi connectivity index (χ3n) is 4.52. The van der Waals surface area contributed by atoms with Crippen molar-refractivity contribution in [3.63, 3.8) is 0 Å². The molecule has 2 aromatic carbocycles. The van der Waals surface area contributed by atoms with Gasteiger partial charge in [-0.05, 0) is 55.1 Å². The van der Waals surface area contributed by atoms with Crippen LogP contribution < -0.4 is 10.6 Å². The number of rotatable bonds is 4. The normalized spacial score (nSPS) is 18.8. The van der Waals surface area contributed by atoms with Crippen LogP contribution in [0.15, 0.2) is 42.5 Å². The topological polar surface area (TPSA) is 41.1 Å². The van der Waals surface area contributed by atoms with Gasteiger partial charge in [-0.2, -0.15) is 0 Å². The van der Waals surface area contributed by atoms with Gasteiger partial charge < -0.3 is 10.6 Å². The van der Waals surface area contributed by atoms with Gasteiger partial charge in [0, 0.05) is 12.5 Å². The Morgan fingerprint density at radius 2 is 1.95 bits per heavy atom. The summed E-state index contributed by atoms with van der Waals surface area (Å²) < 4.78 is 0. The van der Waals surface area contributed by atoms with Gasteiger partial charge in [0.15, 0.2) is 0 Å². The van der Waals surface area contributed by atoms with Crippen LogP contribution in [0.2, 0.25) is 0 Å². The summed E-state index contributed by atoms with van der Waals surface area (Å²) in [6, 6.07) is 14.8. The van der Waals surface area contributed by atoms with Gasteiger partial charge in [-0.25, -0.2) is 0 Å². The van der Waals surface area contributed by atoms with Crippen molar-refractivity contribution in [3.8, 4) is 0 Å². The number of hydrogen-bond acceptors (Lipinski definition) is 2. The molecule has 1 heterocycles. The SMILES string of the molecule is O=C(NCCc1cccc2ccccc12)[C@@H]1CCCNCC1. The minimum Gasteiger partial charge on any atom is -0.356 e. The number of carbonyl (C=O) groups is 1. The van der Waals surface area contributed by atoms with E-state index in [1.165, 1.54) is 16.3 Å². The lowest BCUT2D eigenvalue weighted by Gasteiger charge is -2.14. The minimum absolute atomic E-state index is 0.183. The molecule has 116 valence electrons. The number of carbonyl (C=O) groups excluding carboxylic acids is 1. The standard InChI is InChI=1S/C19H24N2O/c22-19(17-8-4-12-20-13-10-17)21-14-11-16-7-3-6-15-5-1-2-9-18(15)16/h1-3,5-7,9,17,20H,4,8,10-14H2,(H,21,22)/t17-/m1/s1. The van der Waals surface area contributed by atoms with E-state index in [2.05, 4.69) is 53.1 Å². The predicted octanol–water partition coefficient (Wildman–Crippen LogP) is 2.89. The Bertz CT molecular complexity index is 625. The third-order valence-corrected chi connectivity index (χ3v) is 4.52. The molecule has 1 fully saturated rings. The van der Waals surface area contributed by atoms with Gasteiger partial charge >= 0.3 is 0 Å². The first-order valence-corrected chi connectivity index (χ1v) is 8.29. The number of amides is 1. The molecule has 3 nitrogen and oxygen atoms in total. The zero-order valence-electron chi connectivity index (χ0n) is 13.0. The highest BCUT2D eigenvalue weighted by Crippen LogP contribution is 2.19. The molecule has 1 saturated heterocycles. The smallest absolute Gasteiger partial charge is 0.223 e. The Morgan fingerprint density at radius 1 is 1.09 bits per heavy atom. The lowest BCUT2D eigenvalue weighted by molar-refractivity contribution is -0.125. The van der Waals surface area contributed by atoms with Gasteiger partial charge in [-0.3, -0.25) is 4.79 Å². The fourth-order valence-electron chi connectivity index (χ4n) is 3.26. The largest absolute Gasteiger partial charge is 0.356 e. The van der Waals surface area contributed by atoms with E-state index < -0.39 is 0 Å². The fraction of sp³-hybridized carbons (Fsp3) is 0.421. The lowest BCUT2D eigenvalue weighted by Crippen LogP contribution is -2.32. The molecular weight excluding hydrogens is 272 g/mol. The second kappa shape index (κ2) is 7.41. The van der Waals surface area contributed by atoms with E-state index in [-0.39, 0.29) is 11.8 Å². The van der Waals surface area contributed by atoms with E-state index in [1.807, 2.05) is 0 Å². The molecule has 0 saturated carbocycles. The van der Waals surface area contributed by atoms with Crippen LogP contribution in [0.4, 0.5) is 0 Å². The van der Waals surface area contributed by atoms with E-state index in [4.69, 9.17) is 0 Å². The van der Waals surface area contributed by atoms with Crippen LogP contribution in [0.1, 0.15) is 24.8 Å². The quantitative estimate of drug-likeness (QED) is 0.911. The third kappa shape index (κ3) is 3.66. The Labute approximate surface area is 132 Å². The molecule has 1 aliphatic heterocycles. The van der Waals surface area contributed by atoms with Crippen molar-refractivity contribution in [3.05, 3.63) is 48.0 Å². The van der Waals surface area contributed by atoms with E-state index in [9.17, 15) is 4.79 Å². The molecule has 0 bridgehead atoms. The van der Waals surface area contributed by atoms with Crippen LogP contribution in [0, 0.1) is 5.92 Å². The molecule has 0 unspecified atom stereocenters. The first-order chi connectivity index (χ1) is 10.8. The lowest BCUT2D eigenvalue weighted by atomic mass is 9.99. The first-order valence-electron chi connectivity index (χ1n) is 8.29. The van der Waals surface area contributed by atoms with E-state index in [0.717, 1.165) is 45.3 Å². The summed E-state index contributed by atoms with van der Waals surface area (Å²) in [7, 11) is 0. The van der Waals surface area contributed by atoms with Crippen molar-refractivity contribution < 1.29 is 4.79 Å². The minimum atomic E-state index is 0.183. The van der Waals surface area contributed by atoms with Crippen molar-refractivity contribution >= 4 is 16.7 Å². The van der Waals surface area contributed by atoms with E-state index >= 15 is 0 Å². The molecule has 0 aromatic heterocycles. The summed E-state index contributed by atoms with van der Waals surface area (Å²) in [5, 5.41) is 9.04. The molecule has 2 N–H and O–H groups in total. The summed E-state index contributed by atoms with van der Waals surface area (Å²) in [5.74, 6) is 0.409. The molecule has 2 aromatic rings. The monoisotopic (exact) mass is 296 g/mol. The molecule has 0 spiro atoms. The molecule has 22 heavy (non-hydrogen) atoms. The predicted molar refractivity (Wildman–Crippen MR) is 90.9 cm³/mol. The van der Waals surface area contributed by atoms with Crippen LogP contribution >= 0.6 is 0 Å². The fourth-order valence-corrected chi connectivity index (χ4v) is 3.26. The highest BCUT2D eigenvalue weighted by atomic mass is 16.1. The van der Waals surface area contributed by atoms with Crippen molar-refractivity contribution in [2.45, 2.75) is 25.7 Å². The maximum absolute atomic E-state index is 12.3. The van der Waals surface area contributed by atoms with Gasteiger partial charge in [-0.15, -0.1) is 0 Å². The number of hydrogen-bond donors (Lipinski definition) is 2. The molecule has 1 amide bonds. The van der Waals surface area contributed by atoms with Gasteiger partial charge in [0.2, 0.25) is 5.91 Å². The zero-order chi connectivity index (χ0) is 15.2. The van der Waals surface area contributed by atoms with Crippen molar-refractivity contribution in [1.82, 2.24) is 10.6 Å². The summed E-state index contributed by atoms with van der Waals surface area (Å²) in [5.41, 5.74) is 1.31. The Morgan fingerprint density at radius 3 is 2.91 bits per heavy atom. The summed E-state index contributed by atoms with van der Waals surface area (Å²) in [6.45, 7) is 2.72. The number of fused-ring (bicyclic) bond motifs is 1. The highest BCUT2D eigenvalue weighted by molar-refractivity contribution is 5.85. The van der Waals surface area contributed by atoms with Crippen molar-refractivity contribution in [2.24, 2.45) is 5.92 Å². The molecule has 0 radical (unpaired) electrons. The van der Waals surface area contributed by atoms with Gasteiger partial charge in [-0.1, -0.05) is 42.5 Å². The summed E-state index contributed by atoms with van der Waals surface area (Å²) in [4.78, 5) is 12.3. The molecule has 0 aliphatic carbocycles. The average Bonchev–Trinajstić information content (AvgIpc) is 2.84. The summed E-state index contributed by atoms with van der Waals surface area (Å²) >= 11 is 0. The van der Waals surface area contributed by atoms with E-state index in [0.29, 0.717) is 0 Å². The first kappa shape index (κ1) is 15.0. The van der Waals surface area contributed by atoms with Crippen molar-refractivity contribution in [1.29, 1.82) is 0 Å². The molecule has 3 rings (SSSR count). The van der Waals surface area contributed by atoms with Gasteiger partial charge in [0.25, 0.3) is 0 Å². The second-order valence-electron chi connectivity index (χ2n) is 6.06. The van der Waals surface area contributed by atoms with Crippen LogP contribution in [0.3, 0.4) is 0 Å². The molecule has 1 aliphatic rings. The van der Waals surface area contributed by atoms with Gasteiger partial charge in [0.1, 0.15) is 0 Å². The van der Waals surface area contributed by atoms with Gasteiger partial charge in [0.05, 0.1) is 0 Å². The summed E-state index contributed by atoms with van der Waals surface area (Å²) in [6.07, 6.45) is 3.95. The number of nitrogens with one attached hydrogen (secondary N) is 2. The van der Waals surface area contributed by atoms with Crippen LogP contribution in [-0.4, -0.2) is 25.5 Å². The second-order valence-corrected chi connectivity index (χ2v) is 6.06. The van der Waals surface area contributed by atoms with Crippen molar-refractivity contribution in [2.75, 3.05) is 19.6 Å². The Kier molecular flexibility index (Phi) is 5.07. The number of benzene rings is 2. The van der Waals surface area contributed by atoms with Crippen LogP contribution in [-0.2, 0) is 11.2 Å². The molecule has 3 heteroatoms.